The number of hydrogen-bond acceptors (Lipinski definition) is 5. The van der Waals surface area contributed by atoms with Gasteiger partial charge in [0.25, 0.3) is 5.91 Å². The first-order valence-corrected chi connectivity index (χ1v) is 12.7. The van der Waals surface area contributed by atoms with Crippen LogP contribution in [0.5, 0.6) is 5.75 Å². The van der Waals surface area contributed by atoms with E-state index in [1.165, 1.54) is 42.7 Å². The predicted molar refractivity (Wildman–Crippen MR) is 121 cm³/mol. The Balaban J connectivity index is 1.48. The summed E-state index contributed by atoms with van der Waals surface area (Å²) in [6, 6.07) is 8.56. The van der Waals surface area contributed by atoms with Crippen molar-refractivity contribution in [3.05, 3.63) is 47.7 Å². The Kier molecular flexibility index (Phi) is 6.18. The van der Waals surface area contributed by atoms with Crippen molar-refractivity contribution < 1.29 is 17.9 Å². The van der Waals surface area contributed by atoms with E-state index in [0.29, 0.717) is 41.8 Å². The standard InChI is InChI=1S/C23H29N3O4S/c1-16-13-19-14-18(10-11-20(19)26(16)31(2,28)29)23(27)25-22-21(9-6-12-24-22)30-15-17-7-4-3-5-8-17/h6,9-12,14,16-17H,3-5,7-8,13,15H2,1-2H3,(H,24,25,27). The molecule has 0 spiro atoms. The van der Waals surface area contributed by atoms with Gasteiger partial charge in [0.2, 0.25) is 10.0 Å². The third kappa shape index (κ3) is 4.84. The summed E-state index contributed by atoms with van der Waals surface area (Å²) in [5.74, 6) is 1.22. The molecule has 1 aromatic carbocycles. The molecule has 1 aromatic heterocycles. The van der Waals surface area contributed by atoms with Gasteiger partial charge in [-0.15, -0.1) is 0 Å². The largest absolute Gasteiger partial charge is 0.489 e. The van der Waals surface area contributed by atoms with E-state index in [2.05, 4.69) is 10.3 Å². The van der Waals surface area contributed by atoms with Crippen LogP contribution in [-0.4, -0.2) is 38.2 Å². The summed E-state index contributed by atoms with van der Waals surface area (Å²) in [6.07, 6.45) is 9.55. The highest BCUT2D eigenvalue weighted by molar-refractivity contribution is 7.92. The van der Waals surface area contributed by atoms with Crippen molar-refractivity contribution in [3.63, 3.8) is 0 Å². The molecule has 0 saturated heterocycles. The highest BCUT2D eigenvalue weighted by Crippen LogP contribution is 2.35. The zero-order valence-electron chi connectivity index (χ0n) is 18.0. The molecule has 2 aliphatic rings. The lowest BCUT2D eigenvalue weighted by atomic mass is 9.90. The average Bonchev–Trinajstić information content (AvgIpc) is 3.09. The molecule has 1 aliphatic heterocycles. The number of rotatable bonds is 6. The van der Waals surface area contributed by atoms with Crippen LogP contribution in [0.2, 0.25) is 0 Å². The minimum atomic E-state index is -3.36. The van der Waals surface area contributed by atoms with Crippen LogP contribution in [0.1, 0.15) is 54.9 Å². The van der Waals surface area contributed by atoms with E-state index in [1.54, 1.807) is 30.5 Å². The molecule has 2 heterocycles. The molecule has 7 nitrogen and oxygen atoms in total. The number of nitrogens with one attached hydrogen (secondary N) is 1. The summed E-state index contributed by atoms with van der Waals surface area (Å²) in [4.78, 5) is 17.2. The zero-order chi connectivity index (χ0) is 22.0. The minimum Gasteiger partial charge on any atom is -0.489 e. The Labute approximate surface area is 183 Å². The van der Waals surface area contributed by atoms with Crippen LogP contribution >= 0.6 is 0 Å². The lowest BCUT2D eigenvalue weighted by molar-refractivity contribution is 0.102. The number of aromatic nitrogens is 1. The number of amides is 1. The Bertz CT molecular complexity index is 1060. The molecular formula is C23H29N3O4S. The molecule has 0 radical (unpaired) electrons. The summed E-state index contributed by atoms with van der Waals surface area (Å²) in [5.41, 5.74) is 1.95. The van der Waals surface area contributed by atoms with Crippen LogP contribution in [0.25, 0.3) is 0 Å². The molecule has 1 unspecified atom stereocenters. The van der Waals surface area contributed by atoms with Gasteiger partial charge in [-0.3, -0.25) is 9.10 Å². The second-order valence-electron chi connectivity index (χ2n) is 8.57. The molecule has 2 aromatic rings. The van der Waals surface area contributed by atoms with Crippen LogP contribution in [0, 0.1) is 5.92 Å². The van der Waals surface area contributed by atoms with E-state index in [1.807, 2.05) is 13.0 Å². The lowest BCUT2D eigenvalue weighted by Crippen LogP contribution is -2.34. The monoisotopic (exact) mass is 443 g/mol. The number of fused-ring (bicyclic) bond motifs is 1. The third-order valence-corrected chi connectivity index (χ3v) is 7.33. The molecule has 1 N–H and O–H groups in total. The van der Waals surface area contributed by atoms with Gasteiger partial charge in [0, 0.05) is 17.8 Å². The van der Waals surface area contributed by atoms with E-state index >= 15 is 0 Å². The van der Waals surface area contributed by atoms with E-state index < -0.39 is 10.0 Å². The Hall–Kier alpha value is -2.61. The average molecular weight is 444 g/mol. The van der Waals surface area contributed by atoms with E-state index in [0.717, 1.165) is 5.56 Å². The fourth-order valence-electron chi connectivity index (χ4n) is 4.59. The first kappa shape index (κ1) is 21.6. The maximum atomic E-state index is 12.9. The van der Waals surface area contributed by atoms with Gasteiger partial charge in [-0.05, 0) is 68.0 Å². The van der Waals surface area contributed by atoms with Crippen molar-refractivity contribution in [2.24, 2.45) is 5.92 Å². The number of anilines is 2. The predicted octanol–water partition coefficient (Wildman–Crippen LogP) is 4.00. The topological polar surface area (TPSA) is 88.6 Å². The molecule has 166 valence electrons. The van der Waals surface area contributed by atoms with Gasteiger partial charge in [0.15, 0.2) is 11.6 Å². The van der Waals surface area contributed by atoms with Gasteiger partial charge in [-0.2, -0.15) is 0 Å². The van der Waals surface area contributed by atoms with Gasteiger partial charge in [0.1, 0.15) is 0 Å². The lowest BCUT2D eigenvalue weighted by Gasteiger charge is -2.22. The second kappa shape index (κ2) is 8.86. The van der Waals surface area contributed by atoms with Gasteiger partial charge in [-0.1, -0.05) is 19.3 Å². The summed E-state index contributed by atoms with van der Waals surface area (Å²) in [6.45, 7) is 2.50. The molecule has 1 fully saturated rings. The normalized spacial score (nSPS) is 19.2. The van der Waals surface area contributed by atoms with Gasteiger partial charge < -0.3 is 10.1 Å². The number of nitrogens with zero attached hydrogens (tertiary/aromatic N) is 2. The van der Waals surface area contributed by atoms with Gasteiger partial charge in [0.05, 0.1) is 18.6 Å². The molecule has 31 heavy (non-hydrogen) atoms. The minimum absolute atomic E-state index is 0.168. The second-order valence-corrected chi connectivity index (χ2v) is 10.4. The maximum absolute atomic E-state index is 12.9. The third-order valence-electron chi connectivity index (χ3n) is 6.05. The number of benzene rings is 1. The van der Waals surface area contributed by atoms with E-state index in [-0.39, 0.29) is 11.9 Å². The summed E-state index contributed by atoms with van der Waals surface area (Å²) >= 11 is 0. The number of hydrogen-bond donors (Lipinski definition) is 1. The molecule has 4 rings (SSSR count). The fourth-order valence-corrected chi connectivity index (χ4v) is 5.86. The maximum Gasteiger partial charge on any atom is 0.256 e. The SMILES string of the molecule is CC1Cc2cc(C(=O)Nc3ncccc3OCC3CCCCC3)ccc2N1S(C)(=O)=O. The fraction of sp³-hybridized carbons (Fsp3) is 0.478. The van der Waals surface area contributed by atoms with Crippen LogP contribution in [0.15, 0.2) is 36.5 Å². The molecular weight excluding hydrogens is 414 g/mol. The van der Waals surface area contributed by atoms with Crippen molar-refractivity contribution in [3.8, 4) is 5.75 Å². The molecule has 8 heteroatoms. The molecule has 1 atom stereocenters. The van der Waals surface area contributed by atoms with Crippen molar-refractivity contribution >= 4 is 27.4 Å². The van der Waals surface area contributed by atoms with Crippen LogP contribution in [0.4, 0.5) is 11.5 Å². The van der Waals surface area contributed by atoms with Gasteiger partial charge in [-0.25, -0.2) is 13.4 Å². The molecule has 1 saturated carbocycles. The number of ether oxygens (including phenoxy) is 1. The van der Waals surface area contributed by atoms with E-state index in [4.69, 9.17) is 4.74 Å². The first-order chi connectivity index (χ1) is 14.8. The molecule has 1 aliphatic carbocycles. The number of pyridine rings is 1. The van der Waals surface area contributed by atoms with Gasteiger partial charge >= 0.3 is 0 Å². The quantitative estimate of drug-likeness (QED) is 0.729. The Morgan fingerprint density at radius 1 is 1.23 bits per heavy atom. The smallest absolute Gasteiger partial charge is 0.256 e. The number of sulfonamides is 1. The van der Waals surface area contributed by atoms with Crippen molar-refractivity contribution in [1.29, 1.82) is 0 Å². The zero-order valence-corrected chi connectivity index (χ0v) is 18.8. The Morgan fingerprint density at radius 2 is 2.00 bits per heavy atom. The highest BCUT2D eigenvalue weighted by Gasteiger charge is 2.32. The van der Waals surface area contributed by atoms with Crippen LogP contribution in [-0.2, 0) is 16.4 Å². The first-order valence-electron chi connectivity index (χ1n) is 10.8. The van der Waals surface area contributed by atoms with Crippen molar-refractivity contribution in [2.75, 3.05) is 22.5 Å². The summed E-state index contributed by atoms with van der Waals surface area (Å²) < 4.78 is 31.6. The number of carbonyl (C=O) groups is 1. The highest BCUT2D eigenvalue weighted by atomic mass is 32.2. The molecule has 0 bridgehead atoms. The van der Waals surface area contributed by atoms with Crippen LogP contribution in [0.3, 0.4) is 0 Å². The van der Waals surface area contributed by atoms with Crippen molar-refractivity contribution in [2.45, 2.75) is 51.5 Å². The van der Waals surface area contributed by atoms with E-state index in [9.17, 15) is 13.2 Å². The molecule has 1 amide bonds. The Morgan fingerprint density at radius 3 is 2.74 bits per heavy atom. The summed E-state index contributed by atoms with van der Waals surface area (Å²) in [5, 5.41) is 2.85. The summed E-state index contributed by atoms with van der Waals surface area (Å²) in [7, 11) is -3.36. The van der Waals surface area contributed by atoms with Crippen LogP contribution < -0.4 is 14.4 Å². The van der Waals surface area contributed by atoms with Crippen molar-refractivity contribution in [1.82, 2.24) is 4.98 Å². The number of carbonyl (C=O) groups excluding carboxylic acids is 1.